The van der Waals surface area contributed by atoms with E-state index in [2.05, 4.69) is 5.32 Å². The molecule has 8 heteroatoms. The lowest BCUT2D eigenvalue weighted by atomic mass is 10.1. The lowest BCUT2D eigenvalue weighted by Crippen LogP contribution is -2.39. The molecule has 2 aromatic rings. The summed E-state index contributed by atoms with van der Waals surface area (Å²) >= 11 is 0. The number of halogens is 1. The number of methoxy groups -OCH3 is 2. The number of ketones is 1. The second-order valence-electron chi connectivity index (χ2n) is 6.22. The number of hydrogen-bond donors (Lipinski definition) is 1. The molecule has 1 amide bonds. The van der Waals surface area contributed by atoms with E-state index in [-0.39, 0.29) is 11.3 Å². The molecule has 0 bridgehead atoms. The minimum atomic E-state index is -0.974. The third-order valence-electron chi connectivity index (χ3n) is 4.07. The Bertz CT molecular complexity index is 939. The van der Waals surface area contributed by atoms with Gasteiger partial charge in [-0.25, -0.2) is 9.18 Å². The molecular formula is C22H22FNO6. The number of rotatable bonds is 9. The van der Waals surface area contributed by atoms with Crippen molar-refractivity contribution in [2.45, 2.75) is 13.0 Å². The SMILES string of the molecule is COc1ccc(/C=C/C(=O)N[C@@H](C)C(=O)OCC(=O)c2ccc(OC)c(F)c2)cc1. The van der Waals surface area contributed by atoms with Gasteiger partial charge in [0.2, 0.25) is 5.91 Å². The standard InChI is InChI=1S/C22H22FNO6/c1-14(24-21(26)11-6-15-4-8-17(28-2)9-5-15)22(27)30-13-19(25)16-7-10-20(29-3)18(23)12-16/h4-12,14H,13H2,1-3H3,(H,24,26)/b11-6+/t14-/m0/s1. The number of nitrogens with one attached hydrogen (secondary N) is 1. The molecule has 0 aromatic heterocycles. The predicted octanol–water partition coefficient (Wildman–Crippen LogP) is 2.79. The molecule has 0 saturated heterocycles. The lowest BCUT2D eigenvalue weighted by Gasteiger charge is -2.12. The highest BCUT2D eigenvalue weighted by molar-refractivity contribution is 5.99. The average molecular weight is 415 g/mol. The molecule has 0 heterocycles. The second-order valence-corrected chi connectivity index (χ2v) is 6.22. The van der Waals surface area contributed by atoms with Crippen LogP contribution in [0.2, 0.25) is 0 Å². The van der Waals surface area contributed by atoms with Crippen molar-refractivity contribution in [3.63, 3.8) is 0 Å². The molecule has 2 aromatic carbocycles. The van der Waals surface area contributed by atoms with Crippen molar-refractivity contribution in [1.82, 2.24) is 5.32 Å². The Morgan fingerprint density at radius 3 is 2.37 bits per heavy atom. The van der Waals surface area contributed by atoms with Crippen LogP contribution in [0.25, 0.3) is 6.08 Å². The summed E-state index contributed by atoms with van der Waals surface area (Å²) in [5.74, 6) is -1.87. The Kier molecular flexibility index (Phi) is 8.10. The first-order valence-electron chi connectivity index (χ1n) is 9.00. The van der Waals surface area contributed by atoms with Crippen molar-refractivity contribution in [3.8, 4) is 11.5 Å². The molecule has 0 spiro atoms. The van der Waals surface area contributed by atoms with Gasteiger partial charge in [-0.3, -0.25) is 9.59 Å². The first kappa shape index (κ1) is 22.6. The number of ether oxygens (including phenoxy) is 3. The van der Waals surface area contributed by atoms with Crippen molar-refractivity contribution < 1.29 is 33.0 Å². The molecule has 1 N–H and O–H groups in total. The Hall–Kier alpha value is -3.68. The zero-order valence-corrected chi connectivity index (χ0v) is 16.8. The van der Waals surface area contributed by atoms with E-state index < -0.39 is 36.1 Å². The van der Waals surface area contributed by atoms with Gasteiger partial charge in [0.15, 0.2) is 24.0 Å². The van der Waals surface area contributed by atoms with Crippen molar-refractivity contribution in [3.05, 3.63) is 65.5 Å². The summed E-state index contributed by atoms with van der Waals surface area (Å²) in [5.41, 5.74) is 0.818. The molecular weight excluding hydrogens is 393 g/mol. The molecule has 0 aliphatic carbocycles. The topological polar surface area (TPSA) is 90.9 Å². The number of amides is 1. The molecule has 30 heavy (non-hydrogen) atoms. The molecule has 158 valence electrons. The molecule has 0 radical (unpaired) electrons. The largest absolute Gasteiger partial charge is 0.497 e. The van der Waals surface area contributed by atoms with Crippen LogP contribution in [0.5, 0.6) is 11.5 Å². The van der Waals surface area contributed by atoms with Gasteiger partial charge in [0.1, 0.15) is 11.8 Å². The van der Waals surface area contributed by atoms with Gasteiger partial charge in [-0.1, -0.05) is 12.1 Å². The molecule has 0 aliphatic rings. The fraction of sp³-hybridized carbons (Fsp3) is 0.227. The van der Waals surface area contributed by atoms with Crippen LogP contribution in [0.4, 0.5) is 4.39 Å². The fourth-order valence-corrected chi connectivity index (χ4v) is 2.39. The minimum Gasteiger partial charge on any atom is -0.497 e. The van der Waals surface area contributed by atoms with Crippen molar-refractivity contribution >= 4 is 23.7 Å². The quantitative estimate of drug-likeness (QED) is 0.385. The smallest absolute Gasteiger partial charge is 0.328 e. The molecule has 2 rings (SSSR count). The number of esters is 1. The van der Waals surface area contributed by atoms with Gasteiger partial charge in [0, 0.05) is 11.6 Å². The highest BCUT2D eigenvalue weighted by Crippen LogP contribution is 2.18. The van der Waals surface area contributed by atoms with E-state index in [1.165, 1.54) is 32.2 Å². The Morgan fingerprint density at radius 1 is 1.07 bits per heavy atom. The van der Waals surface area contributed by atoms with Crippen LogP contribution in [0, 0.1) is 5.82 Å². The highest BCUT2D eigenvalue weighted by Gasteiger charge is 2.18. The summed E-state index contributed by atoms with van der Waals surface area (Å²) in [7, 11) is 2.87. The second kappa shape index (κ2) is 10.8. The summed E-state index contributed by atoms with van der Waals surface area (Å²) in [6, 6.07) is 9.76. The third kappa shape index (κ3) is 6.44. The Balaban J connectivity index is 1.83. The number of hydrogen-bond acceptors (Lipinski definition) is 6. The Morgan fingerprint density at radius 2 is 1.77 bits per heavy atom. The zero-order valence-electron chi connectivity index (χ0n) is 16.8. The van der Waals surface area contributed by atoms with Crippen LogP contribution in [-0.2, 0) is 14.3 Å². The van der Waals surface area contributed by atoms with Gasteiger partial charge in [0.05, 0.1) is 14.2 Å². The normalized spacial score (nSPS) is 11.6. The van der Waals surface area contributed by atoms with Gasteiger partial charge in [-0.2, -0.15) is 0 Å². The maximum absolute atomic E-state index is 13.7. The zero-order chi connectivity index (χ0) is 22.1. The molecule has 0 saturated carbocycles. The fourth-order valence-electron chi connectivity index (χ4n) is 2.39. The number of benzene rings is 2. The Labute approximate surface area is 173 Å². The van der Waals surface area contributed by atoms with Gasteiger partial charge >= 0.3 is 5.97 Å². The first-order chi connectivity index (χ1) is 14.3. The van der Waals surface area contributed by atoms with E-state index in [0.29, 0.717) is 5.75 Å². The number of carbonyl (C=O) groups excluding carboxylic acids is 3. The van der Waals surface area contributed by atoms with Gasteiger partial charge in [0.25, 0.3) is 0 Å². The molecule has 0 aliphatic heterocycles. The minimum absolute atomic E-state index is 0.00238. The number of carbonyl (C=O) groups is 3. The van der Waals surface area contributed by atoms with E-state index in [9.17, 15) is 18.8 Å². The monoisotopic (exact) mass is 415 g/mol. The first-order valence-corrected chi connectivity index (χ1v) is 9.00. The summed E-state index contributed by atoms with van der Waals surface area (Å²) in [6.45, 7) is 0.853. The summed E-state index contributed by atoms with van der Waals surface area (Å²) in [4.78, 5) is 36.0. The number of Topliss-reactive ketones (excluding diaryl/α,β-unsaturated/α-hetero) is 1. The summed E-state index contributed by atoms with van der Waals surface area (Å²) in [6.07, 6.45) is 2.85. The van der Waals surface area contributed by atoms with E-state index in [1.807, 2.05) is 0 Å². The summed E-state index contributed by atoms with van der Waals surface area (Å²) < 4.78 is 28.4. The van der Waals surface area contributed by atoms with E-state index in [4.69, 9.17) is 14.2 Å². The third-order valence-corrected chi connectivity index (χ3v) is 4.07. The summed E-state index contributed by atoms with van der Waals surface area (Å²) in [5, 5.41) is 2.45. The van der Waals surface area contributed by atoms with E-state index in [1.54, 1.807) is 37.5 Å². The highest BCUT2D eigenvalue weighted by atomic mass is 19.1. The van der Waals surface area contributed by atoms with E-state index in [0.717, 1.165) is 11.6 Å². The molecule has 0 unspecified atom stereocenters. The van der Waals surface area contributed by atoms with Crippen LogP contribution in [0.1, 0.15) is 22.8 Å². The average Bonchev–Trinajstić information content (AvgIpc) is 2.75. The van der Waals surface area contributed by atoms with Gasteiger partial charge in [-0.05, 0) is 48.9 Å². The molecule has 0 fully saturated rings. The van der Waals surface area contributed by atoms with Crippen LogP contribution < -0.4 is 14.8 Å². The van der Waals surface area contributed by atoms with Gasteiger partial charge < -0.3 is 19.5 Å². The van der Waals surface area contributed by atoms with E-state index >= 15 is 0 Å². The maximum Gasteiger partial charge on any atom is 0.328 e. The maximum atomic E-state index is 13.7. The lowest BCUT2D eigenvalue weighted by molar-refractivity contribution is -0.145. The van der Waals surface area contributed by atoms with Crippen molar-refractivity contribution in [1.29, 1.82) is 0 Å². The molecule has 7 nitrogen and oxygen atoms in total. The van der Waals surface area contributed by atoms with Crippen molar-refractivity contribution in [2.24, 2.45) is 0 Å². The molecule has 1 atom stereocenters. The van der Waals surface area contributed by atoms with Gasteiger partial charge in [-0.15, -0.1) is 0 Å². The van der Waals surface area contributed by atoms with Crippen LogP contribution in [-0.4, -0.2) is 44.5 Å². The van der Waals surface area contributed by atoms with Crippen molar-refractivity contribution in [2.75, 3.05) is 20.8 Å². The van der Waals surface area contributed by atoms with Crippen LogP contribution in [0.15, 0.2) is 48.5 Å². The van der Waals surface area contributed by atoms with Crippen LogP contribution >= 0.6 is 0 Å². The predicted molar refractivity (Wildman–Crippen MR) is 108 cm³/mol. The van der Waals surface area contributed by atoms with Crippen LogP contribution in [0.3, 0.4) is 0 Å².